The van der Waals surface area contributed by atoms with Crippen LogP contribution in [0.15, 0.2) is 47.4 Å². The van der Waals surface area contributed by atoms with Gasteiger partial charge in [-0.3, -0.25) is 4.79 Å². The molecule has 0 aromatic heterocycles. The highest BCUT2D eigenvalue weighted by Gasteiger charge is 2.34. The third-order valence-corrected chi connectivity index (χ3v) is 6.20. The zero-order valence-corrected chi connectivity index (χ0v) is 17.4. The Morgan fingerprint density at radius 3 is 2.43 bits per heavy atom. The third kappa shape index (κ3) is 4.20. The van der Waals surface area contributed by atoms with Gasteiger partial charge in [0.15, 0.2) is 0 Å². The highest BCUT2D eigenvalue weighted by Crippen LogP contribution is 2.25. The molecule has 1 amide bonds. The molecule has 1 aliphatic heterocycles. The van der Waals surface area contributed by atoms with Crippen molar-refractivity contribution in [3.63, 3.8) is 0 Å². The number of ether oxygens (including phenoxy) is 1. The van der Waals surface area contributed by atoms with Crippen LogP contribution in [0.3, 0.4) is 0 Å². The Hall–Kier alpha value is -2.38. The molecule has 150 valence electrons. The van der Waals surface area contributed by atoms with E-state index in [0.717, 1.165) is 5.56 Å². The zero-order chi connectivity index (χ0) is 20.5. The van der Waals surface area contributed by atoms with E-state index >= 15 is 0 Å². The van der Waals surface area contributed by atoms with E-state index < -0.39 is 15.7 Å². The van der Waals surface area contributed by atoms with Gasteiger partial charge in [0.25, 0.3) is 5.91 Å². The number of hydrogen-bond donors (Lipinski definition) is 0. The van der Waals surface area contributed by atoms with E-state index in [1.54, 1.807) is 36.1 Å². The molecule has 6 nitrogen and oxygen atoms in total. The first kappa shape index (κ1) is 20.4. The first-order chi connectivity index (χ1) is 13.1. The predicted molar refractivity (Wildman–Crippen MR) is 106 cm³/mol. The molecule has 0 bridgehead atoms. The quantitative estimate of drug-likeness (QED) is 0.732. The van der Waals surface area contributed by atoms with Crippen molar-refractivity contribution in [1.82, 2.24) is 4.90 Å². The van der Waals surface area contributed by atoms with E-state index in [9.17, 15) is 13.2 Å². The van der Waals surface area contributed by atoms with Crippen LogP contribution < -0.4 is 4.18 Å². The molecule has 0 atom stereocenters. The van der Waals surface area contributed by atoms with Crippen LogP contribution in [0, 0.1) is 13.8 Å². The SMILES string of the molecule is Cc1ccc(C)c(S(=O)(=O)Oc2ccc(C(=O)N3CCOCC3(C)C)cc2)c1. The highest BCUT2D eigenvalue weighted by atomic mass is 32.2. The van der Waals surface area contributed by atoms with Crippen molar-refractivity contribution in [2.24, 2.45) is 0 Å². The lowest BCUT2D eigenvalue weighted by atomic mass is 10.0. The molecule has 0 N–H and O–H groups in total. The maximum absolute atomic E-state index is 12.8. The summed E-state index contributed by atoms with van der Waals surface area (Å²) in [6.45, 7) is 8.97. The van der Waals surface area contributed by atoms with Crippen molar-refractivity contribution in [3.05, 3.63) is 59.2 Å². The fourth-order valence-electron chi connectivity index (χ4n) is 3.19. The van der Waals surface area contributed by atoms with Gasteiger partial charge in [-0.2, -0.15) is 8.42 Å². The van der Waals surface area contributed by atoms with Gasteiger partial charge in [0.2, 0.25) is 0 Å². The van der Waals surface area contributed by atoms with Crippen LogP contribution in [0.5, 0.6) is 5.75 Å². The van der Waals surface area contributed by atoms with E-state index in [1.807, 2.05) is 26.8 Å². The van der Waals surface area contributed by atoms with Crippen LogP contribution in [0.2, 0.25) is 0 Å². The summed E-state index contributed by atoms with van der Waals surface area (Å²) in [5.74, 6) is 0.0518. The number of rotatable bonds is 4. The molecule has 0 aliphatic carbocycles. The minimum Gasteiger partial charge on any atom is -0.379 e. The molecular formula is C21H25NO5S. The maximum atomic E-state index is 12.8. The lowest BCUT2D eigenvalue weighted by Gasteiger charge is -2.42. The normalized spacial score (nSPS) is 16.6. The van der Waals surface area contributed by atoms with Gasteiger partial charge in [0.1, 0.15) is 10.6 Å². The lowest BCUT2D eigenvalue weighted by molar-refractivity contribution is -0.0370. The number of morpholine rings is 1. The van der Waals surface area contributed by atoms with E-state index in [4.69, 9.17) is 8.92 Å². The Labute approximate surface area is 166 Å². The first-order valence-corrected chi connectivity index (χ1v) is 10.5. The van der Waals surface area contributed by atoms with Crippen LogP contribution in [-0.4, -0.2) is 44.5 Å². The number of nitrogens with zero attached hydrogens (tertiary/aromatic N) is 1. The molecular weight excluding hydrogens is 378 g/mol. The lowest BCUT2D eigenvalue weighted by Crippen LogP contribution is -2.55. The van der Waals surface area contributed by atoms with Crippen LogP contribution in [0.1, 0.15) is 35.3 Å². The Bertz CT molecular complexity index is 980. The minimum atomic E-state index is -3.95. The van der Waals surface area contributed by atoms with Crippen molar-refractivity contribution in [2.75, 3.05) is 19.8 Å². The molecule has 7 heteroatoms. The van der Waals surface area contributed by atoms with Gasteiger partial charge in [0, 0.05) is 12.1 Å². The maximum Gasteiger partial charge on any atom is 0.339 e. The Balaban J connectivity index is 1.79. The second-order valence-electron chi connectivity index (χ2n) is 7.65. The Morgan fingerprint density at radius 2 is 1.79 bits per heavy atom. The van der Waals surface area contributed by atoms with Crippen LogP contribution in [0.4, 0.5) is 0 Å². The Kier molecular flexibility index (Phi) is 5.50. The topological polar surface area (TPSA) is 72.9 Å². The van der Waals surface area contributed by atoms with Gasteiger partial charge in [-0.1, -0.05) is 12.1 Å². The summed E-state index contributed by atoms with van der Waals surface area (Å²) in [5, 5.41) is 0. The van der Waals surface area contributed by atoms with Gasteiger partial charge in [0.05, 0.1) is 18.8 Å². The number of benzene rings is 2. The van der Waals surface area contributed by atoms with Gasteiger partial charge in [-0.05, 0) is 69.2 Å². The third-order valence-electron chi connectivity index (χ3n) is 4.81. The molecule has 2 aromatic carbocycles. The zero-order valence-electron chi connectivity index (χ0n) is 16.6. The van der Waals surface area contributed by atoms with Gasteiger partial charge in [-0.15, -0.1) is 0 Å². The summed E-state index contributed by atoms with van der Waals surface area (Å²) >= 11 is 0. The van der Waals surface area contributed by atoms with Gasteiger partial charge < -0.3 is 13.8 Å². The van der Waals surface area contributed by atoms with Crippen LogP contribution >= 0.6 is 0 Å². The summed E-state index contributed by atoms with van der Waals surface area (Å²) in [6.07, 6.45) is 0. The smallest absolute Gasteiger partial charge is 0.339 e. The summed E-state index contributed by atoms with van der Waals surface area (Å²) in [7, 11) is -3.95. The second-order valence-corrected chi connectivity index (χ2v) is 9.17. The number of amides is 1. The number of carbonyl (C=O) groups is 1. The Morgan fingerprint density at radius 1 is 1.11 bits per heavy atom. The van der Waals surface area contributed by atoms with Crippen molar-refractivity contribution >= 4 is 16.0 Å². The molecule has 1 saturated heterocycles. The fraction of sp³-hybridized carbons (Fsp3) is 0.381. The fourth-order valence-corrected chi connectivity index (χ4v) is 4.44. The molecule has 0 spiro atoms. The predicted octanol–water partition coefficient (Wildman–Crippen LogP) is 3.32. The van der Waals surface area contributed by atoms with E-state index in [0.29, 0.717) is 30.9 Å². The van der Waals surface area contributed by atoms with Crippen molar-refractivity contribution in [2.45, 2.75) is 38.1 Å². The van der Waals surface area contributed by atoms with E-state index in [-0.39, 0.29) is 16.6 Å². The molecule has 1 aliphatic rings. The standard InChI is InChI=1S/C21H25NO5S/c1-15-5-6-16(2)19(13-15)28(24,25)27-18-9-7-17(8-10-18)20(23)22-11-12-26-14-21(22,3)4/h5-10,13H,11-12,14H2,1-4H3. The monoisotopic (exact) mass is 403 g/mol. The largest absolute Gasteiger partial charge is 0.379 e. The number of carbonyl (C=O) groups excluding carboxylic acids is 1. The average molecular weight is 404 g/mol. The molecule has 28 heavy (non-hydrogen) atoms. The first-order valence-electron chi connectivity index (χ1n) is 9.12. The molecule has 0 unspecified atom stereocenters. The summed E-state index contributed by atoms with van der Waals surface area (Å²) in [4.78, 5) is 14.7. The van der Waals surface area contributed by atoms with Crippen molar-refractivity contribution in [3.8, 4) is 5.75 Å². The molecule has 1 fully saturated rings. The van der Waals surface area contributed by atoms with Gasteiger partial charge >= 0.3 is 10.1 Å². The van der Waals surface area contributed by atoms with Gasteiger partial charge in [-0.25, -0.2) is 0 Å². The minimum absolute atomic E-state index is 0.114. The molecule has 0 saturated carbocycles. The van der Waals surface area contributed by atoms with Crippen LogP contribution in [0.25, 0.3) is 0 Å². The molecule has 3 rings (SSSR count). The summed E-state index contributed by atoms with van der Waals surface area (Å²) in [6, 6.07) is 11.4. The molecule has 2 aromatic rings. The number of aryl methyl sites for hydroxylation is 2. The molecule has 1 heterocycles. The second kappa shape index (κ2) is 7.56. The molecule has 0 radical (unpaired) electrons. The summed E-state index contributed by atoms with van der Waals surface area (Å²) < 4.78 is 36.0. The van der Waals surface area contributed by atoms with Crippen LogP contribution in [-0.2, 0) is 14.9 Å². The number of hydrogen-bond acceptors (Lipinski definition) is 5. The van der Waals surface area contributed by atoms with E-state index in [2.05, 4.69) is 0 Å². The average Bonchev–Trinajstić information content (AvgIpc) is 2.63. The van der Waals surface area contributed by atoms with Crippen molar-refractivity contribution in [1.29, 1.82) is 0 Å². The van der Waals surface area contributed by atoms with Crippen molar-refractivity contribution < 1.29 is 22.1 Å². The highest BCUT2D eigenvalue weighted by molar-refractivity contribution is 7.87. The summed E-state index contributed by atoms with van der Waals surface area (Å²) in [5.41, 5.74) is 1.54. The van der Waals surface area contributed by atoms with E-state index in [1.165, 1.54) is 12.1 Å².